The number of aromatic hydroxyl groups is 1. The molecule has 5 atom stereocenters. The zero-order valence-electron chi connectivity index (χ0n) is 11.9. The molecule has 0 aliphatic carbocycles. The van der Waals surface area contributed by atoms with Gasteiger partial charge < -0.3 is 34.7 Å². The Labute approximate surface area is 129 Å². The van der Waals surface area contributed by atoms with Crippen molar-refractivity contribution in [3.05, 3.63) is 40.2 Å². The number of fused-ring (bicyclic) bond motifs is 1. The number of phenolic OH excluding ortho intramolecular Hbond substituents is 1. The number of hydrogen-bond donors (Lipinski definition) is 5. The Balaban J connectivity index is 2.06. The largest absolute Gasteiger partial charge is 0.508 e. The first-order valence-corrected chi connectivity index (χ1v) is 6.99. The van der Waals surface area contributed by atoms with E-state index in [1.165, 1.54) is 24.3 Å². The smallest absolute Gasteiger partial charge is 0.342 e. The minimum absolute atomic E-state index is 0.0555. The molecule has 0 radical (unpaired) electrons. The number of benzene rings is 1. The number of aliphatic hydroxyl groups excluding tert-OH is 4. The number of aliphatic hydroxyl groups is 4. The van der Waals surface area contributed by atoms with Crippen LogP contribution in [-0.2, 0) is 4.74 Å². The SMILES string of the molecule is O=c1oc2cc(O)ccc2cc1C1O[C@H](CO)[C@H](O)[C@H](O)[C@H]1O. The number of ether oxygens (including phenoxy) is 1. The van der Waals surface area contributed by atoms with Gasteiger partial charge in [-0.3, -0.25) is 0 Å². The average molecular weight is 324 g/mol. The van der Waals surface area contributed by atoms with Crippen LogP contribution >= 0.6 is 0 Å². The lowest BCUT2D eigenvalue weighted by Gasteiger charge is -2.39. The first kappa shape index (κ1) is 15.9. The molecule has 23 heavy (non-hydrogen) atoms. The summed E-state index contributed by atoms with van der Waals surface area (Å²) in [5.41, 5.74) is -0.712. The molecular formula is C15H16O8. The highest BCUT2D eigenvalue weighted by Crippen LogP contribution is 2.32. The second kappa shape index (κ2) is 5.91. The summed E-state index contributed by atoms with van der Waals surface area (Å²) in [5.74, 6) is -0.0683. The molecule has 0 spiro atoms. The van der Waals surface area contributed by atoms with Gasteiger partial charge in [-0.15, -0.1) is 0 Å². The third-order valence-electron chi connectivity index (χ3n) is 3.95. The van der Waals surface area contributed by atoms with Gasteiger partial charge in [-0.1, -0.05) is 0 Å². The number of phenols is 1. The summed E-state index contributed by atoms with van der Waals surface area (Å²) in [4.78, 5) is 12.1. The molecule has 0 saturated carbocycles. The van der Waals surface area contributed by atoms with Gasteiger partial charge in [-0.2, -0.15) is 0 Å². The zero-order valence-corrected chi connectivity index (χ0v) is 11.9. The van der Waals surface area contributed by atoms with E-state index in [0.29, 0.717) is 5.39 Å². The van der Waals surface area contributed by atoms with E-state index in [9.17, 15) is 30.3 Å². The van der Waals surface area contributed by atoms with E-state index in [-0.39, 0.29) is 16.9 Å². The standard InChI is InChI=1S/C15H16O8/c16-5-10-11(18)12(19)13(20)14(22-10)8-3-6-1-2-7(17)4-9(6)23-15(8)21/h1-4,10-14,16-20H,5H2/t10-,11+,12+,13-,14?/m1/s1. The second-order valence-corrected chi connectivity index (χ2v) is 5.46. The number of rotatable bonds is 2. The van der Waals surface area contributed by atoms with E-state index in [0.717, 1.165) is 0 Å². The van der Waals surface area contributed by atoms with Gasteiger partial charge in [-0.25, -0.2) is 4.79 Å². The molecule has 1 aromatic carbocycles. The van der Waals surface area contributed by atoms with Crippen molar-refractivity contribution >= 4 is 11.0 Å². The van der Waals surface area contributed by atoms with E-state index in [1.54, 1.807) is 0 Å². The van der Waals surface area contributed by atoms with E-state index in [2.05, 4.69) is 0 Å². The minimum Gasteiger partial charge on any atom is -0.508 e. The first-order chi connectivity index (χ1) is 10.9. The van der Waals surface area contributed by atoms with E-state index in [4.69, 9.17) is 9.15 Å². The Hall–Kier alpha value is -1.97. The summed E-state index contributed by atoms with van der Waals surface area (Å²) < 4.78 is 10.4. The highest BCUT2D eigenvalue weighted by atomic mass is 16.5. The molecule has 1 aromatic heterocycles. The molecule has 2 heterocycles. The maximum absolute atomic E-state index is 12.1. The molecule has 1 fully saturated rings. The van der Waals surface area contributed by atoms with Crippen molar-refractivity contribution in [2.75, 3.05) is 6.61 Å². The van der Waals surface area contributed by atoms with Gasteiger partial charge in [0.2, 0.25) is 0 Å². The Bertz CT molecular complexity index is 768. The van der Waals surface area contributed by atoms with E-state index in [1.807, 2.05) is 0 Å². The van der Waals surface area contributed by atoms with Crippen LogP contribution in [0.5, 0.6) is 5.75 Å². The summed E-state index contributed by atoms with van der Waals surface area (Å²) in [6.45, 7) is -0.589. The minimum atomic E-state index is -1.58. The maximum atomic E-state index is 12.1. The predicted molar refractivity (Wildman–Crippen MR) is 76.9 cm³/mol. The van der Waals surface area contributed by atoms with Crippen molar-refractivity contribution < 1.29 is 34.7 Å². The van der Waals surface area contributed by atoms with Gasteiger partial charge in [-0.05, 0) is 18.2 Å². The summed E-state index contributed by atoms with van der Waals surface area (Å²) in [6.07, 6.45) is -7.03. The van der Waals surface area contributed by atoms with Gasteiger partial charge in [0.05, 0.1) is 12.2 Å². The lowest BCUT2D eigenvalue weighted by atomic mass is 9.91. The molecule has 124 valence electrons. The molecule has 1 aliphatic rings. The molecule has 1 saturated heterocycles. The van der Waals surface area contributed by atoms with Crippen LogP contribution in [0.15, 0.2) is 33.5 Å². The zero-order chi connectivity index (χ0) is 16.7. The molecule has 1 aliphatic heterocycles. The molecule has 0 amide bonds. The first-order valence-electron chi connectivity index (χ1n) is 6.99. The highest BCUT2D eigenvalue weighted by Gasteiger charge is 2.45. The molecule has 8 heteroatoms. The van der Waals surface area contributed by atoms with E-state index >= 15 is 0 Å². The van der Waals surface area contributed by atoms with Crippen LogP contribution in [0.3, 0.4) is 0 Å². The molecule has 0 bridgehead atoms. The Morgan fingerprint density at radius 1 is 1.04 bits per heavy atom. The Morgan fingerprint density at radius 2 is 1.78 bits per heavy atom. The predicted octanol–water partition coefficient (Wildman–Crippen LogP) is -0.987. The van der Waals surface area contributed by atoms with Crippen LogP contribution in [-0.4, -0.2) is 56.6 Å². The summed E-state index contributed by atoms with van der Waals surface area (Å²) >= 11 is 0. The van der Waals surface area contributed by atoms with Crippen LogP contribution in [0.2, 0.25) is 0 Å². The van der Waals surface area contributed by atoms with Crippen molar-refractivity contribution in [2.24, 2.45) is 0 Å². The van der Waals surface area contributed by atoms with Gasteiger partial charge in [0.15, 0.2) is 0 Å². The van der Waals surface area contributed by atoms with Gasteiger partial charge in [0.1, 0.15) is 41.9 Å². The lowest BCUT2D eigenvalue weighted by Crippen LogP contribution is -2.55. The Morgan fingerprint density at radius 3 is 2.48 bits per heavy atom. The average Bonchev–Trinajstić information content (AvgIpc) is 2.53. The fourth-order valence-electron chi connectivity index (χ4n) is 2.67. The molecule has 3 rings (SSSR count). The fourth-order valence-corrected chi connectivity index (χ4v) is 2.67. The van der Waals surface area contributed by atoms with Gasteiger partial charge in [0, 0.05) is 11.5 Å². The monoisotopic (exact) mass is 324 g/mol. The van der Waals surface area contributed by atoms with Crippen molar-refractivity contribution in [1.82, 2.24) is 0 Å². The molecule has 8 nitrogen and oxygen atoms in total. The normalized spacial score (nSPS) is 31.4. The third-order valence-corrected chi connectivity index (χ3v) is 3.95. The maximum Gasteiger partial charge on any atom is 0.342 e. The van der Waals surface area contributed by atoms with Crippen molar-refractivity contribution in [1.29, 1.82) is 0 Å². The second-order valence-electron chi connectivity index (χ2n) is 5.46. The van der Waals surface area contributed by atoms with Gasteiger partial charge >= 0.3 is 5.63 Å². The van der Waals surface area contributed by atoms with Gasteiger partial charge in [0.25, 0.3) is 0 Å². The van der Waals surface area contributed by atoms with Crippen molar-refractivity contribution in [3.8, 4) is 5.75 Å². The van der Waals surface area contributed by atoms with Crippen LogP contribution in [0, 0.1) is 0 Å². The summed E-state index contributed by atoms with van der Waals surface area (Å²) in [6, 6.07) is 5.60. The summed E-state index contributed by atoms with van der Waals surface area (Å²) in [7, 11) is 0. The van der Waals surface area contributed by atoms with Crippen LogP contribution in [0.4, 0.5) is 0 Å². The highest BCUT2D eigenvalue weighted by molar-refractivity contribution is 5.78. The topological polar surface area (TPSA) is 141 Å². The number of hydrogen-bond acceptors (Lipinski definition) is 8. The Kier molecular flexibility index (Phi) is 4.09. The van der Waals surface area contributed by atoms with Crippen molar-refractivity contribution in [3.63, 3.8) is 0 Å². The molecular weight excluding hydrogens is 308 g/mol. The quantitative estimate of drug-likeness (QED) is 0.444. The lowest BCUT2D eigenvalue weighted by molar-refractivity contribution is -0.232. The third kappa shape index (κ3) is 2.71. The van der Waals surface area contributed by atoms with E-state index < -0.39 is 42.8 Å². The molecule has 2 aromatic rings. The van der Waals surface area contributed by atoms with Crippen molar-refractivity contribution in [2.45, 2.75) is 30.5 Å². The van der Waals surface area contributed by atoms with Crippen LogP contribution in [0.25, 0.3) is 11.0 Å². The van der Waals surface area contributed by atoms with Crippen LogP contribution in [0.1, 0.15) is 11.7 Å². The molecule has 1 unspecified atom stereocenters. The summed E-state index contributed by atoms with van der Waals surface area (Å²) in [5, 5.41) is 48.7. The fraction of sp³-hybridized carbons (Fsp3) is 0.400. The van der Waals surface area contributed by atoms with Crippen LogP contribution < -0.4 is 5.63 Å². The molecule has 5 N–H and O–H groups in total.